The first-order chi connectivity index (χ1) is 18.8. The van der Waals surface area contributed by atoms with E-state index in [1.807, 2.05) is 29.2 Å². The molecule has 0 radical (unpaired) electrons. The molecule has 39 heavy (non-hydrogen) atoms. The molecule has 2 saturated heterocycles. The number of methoxy groups -OCH3 is 2. The fourth-order valence-corrected chi connectivity index (χ4v) is 6.44. The van der Waals surface area contributed by atoms with Crippen molar-refractivity contribution >= 4 is 17.5 Å². The fraction of sp³-hybridized carbons (Fsp3) is 0.548. The maximum atomic E-state index is 13.7. The molecule has 1 N–H and O–H groups in total. The third kappa shape index (κ3) is 6.23. The zero-order valence-electron chi connectivity index (χ0n) is 23.7. The lowest BCUT2D eigenvalue weighted by Gasteiger charge is -2.38. The molecule has 8 heteroatoms. The van der Waals surface area contributed by atoms with E-state index in [2.05, 4.69) is 41.3 Å². The van der Waals surface area contributed by atoms with Crippen LogP contribution in [0.15, 0.2) is 36.4 Å². The number of nitrogens with zero attached hydrogens (tertiary/aromatic N) is 3. The maximum Gasteiger partial charge on any atom is 0.228 e. The number of hydrogen-bond acceptors (Lipinski definition) is 6. The molecule has 0 saturated carbocycles. The molecule has 2 aromatic rings. The van der Waals surface area contributed by atoms with Crippen molar-refractivity contribution in [2.45, 2.75) is 44.7 Å². The van der Waals surface area contributed by atoms with Crippen LogP contribution < -0.4 is 14.8 Å². The Morgan fingerprint density at radius 2 is 1.72 bits per heavy atom. The summed E-state index contributed by atoms with van der Waals surface area (Å²) in [7, 11) is 7.41. The van der Waals surface area contributed by atoms with Gasteiger partial charge in [-0.25, -0.2) is 0 Å². The molecule has 5 rings (SSSR count). The van der Waals surface area contributed by atoms with E-state index in [0.717, 1.165) is 43.6 Å². The summed E-state index contributed by atoms with van der Waals surface area (Å²) in [6, 6.07) is 12.6. The number of benzene rings is 2. The molecule has 3 atom stereocenters. The van der Waals surface area contributed by atoms with Crippen molar-refractivity contribution in [3.8, 4) is 11.5 Å². The largest absolute Gasteiger partial charge is 0.493 e. The number of carbonyl (C=O) groups excluding carboxylic acids is 2. The molecule has 1 aliphatic carbocycles. The predicted octanol–water partition coefficient (Wildman–Crippen LogP) is 3.43. The number of likely N-dealkylation sites (tertiary alicyclic amines) is 2. The van der Waals surface area contributed by atoms with Gasteiger partial charge in [0.1, 0.15) is 0 Å². The summed E-state index contributed by atoms with van der Waals surface area (Å²) < 4.78 is 10.9. The average Bonchev–Trinajstić information content (AvgIpc) is 3.62. The Bertz CT molecular complexity index is 1200. The second-order valence-corrected chi connectivity index (χ2v) is 11.5. The summed E-state index contributed by atoms with van der Waals surface area (Å²) in [6.45, 7) is 3.41. The van der Waals surface area contributed by atoms with Gasteiger partial charge in [-0.2, -0.15) is 0 Å². The maximum absolute atomic E-state index is 13.7. The summed E-state index contributed by atoms with van der Waals surface area (Å²) in [6.07, 6.45) is 4.92. The molecule has 0 bridgehead atoms. The number of nitrogens with one attached hydrogen (secondary N) is 1. The van der Waals surface area contributed by atoms with Crippen LogP contribution in [0.3, 0.4) is 0 Å². The lowest BCUT2D eigenvalue weighted by molar-refractivity contribution is -0.138. The second kappa shape index (κ2) is 12.0. The quantitative estimate of drug-likeness (QED) is 0.560. The third-order valence-corrected chi connectivity index (χ3v) is 8.67. The van der Waals surface area contributed by atoms with Crippen LogP contribution >= 0.6 is 0 Å². The van der Waals surface area contributed by atoms with Crippen molar-refractivity contribution in [1.29, 1.82) is 0 Å². The van der Waals surface area contributed by atoms with Crippen LogP contribution in [0.1, 0.15) is 36.0 Å². The van der Waals surface area contributed by atoms with Crippen molar-refractivity contribution in [3.63, 3.8) is 0 Å². The number of aryl methyl sites for hydroxylation is 2. The third-order valence-electron chi connectivity index (χ3n) is 8.67. The first-order valence-electron chi connectivity index (χ1n) is 14.2. The van der Waals surface area contributed by atoms with Crippen molar-refractivity contribution in [2.24, 2.45) is 11.8 Å². The number of rotatable bonds is 8. The fourth-order valence-electron chi connectivity index (χ4n) is 6.44. The highest BCUT2D eigenvalue weighted by molar-refractivity contribution is 5.93. The van der Waals surface area contributed by atoms with Gasteiger partial charge >= 0.3 is 0 Å². The topological polar surface area (TPSA) is 74.4 Å². The summed E-state index contributed by atoms with van der Waals surface area (Å²) >= 11 is 0. The normalized spacial score (nSPS) is 23.1. The highest BCUT2D eigenvalue weighted by Crippen LogP contribution is 2.32. The summed E-state index contributed by atoms with van der Waals surface area (Å²) in [5.74, 6) is 1.05. The lowest BCUT2D eigenvalue weighted by Crippen LogP contribution is -2.49. The van der Waals surface area contributed by atoms with E-state index < -0.39 is 0 Å². The monoisotopic (exact) mass is 534 g/mol. The Kier molecular flexibility index (Phi) is 8.43. The molecule has 8 nitrogen and oxygen atoms in total. The zero-order chi connectivity index (χ0) is 27.5. The summed E-state index contributed by atoms with van der Waals surface area (Å²) in [4.78, 5) is 33.7. The first kappa shape index (κ1) is 27.5. The van der Waals surface area contributed by atoms with E-state index in [1.54, 1.807) is 14.2 Å². The number of carbonyl (C=O) groups is 2. The van der Waals surface area contributed by atoms with E-state index >= 15 is 0 Å². The van der Waals surface area contributed by atoms with Crippen LogP contribution in [0.2, 0.25) is 0 Å². The van der Waals surface area contributed by atoms with E-state index in [4.69, 9.17) is 9.47 Å². The van der Waals surface area contributed by atoms with Gasteiger partial charge in [-0.05, 0) is 87.2 Å². The van der Waals surface area contributed by atoms with Gasteiger partial charge in [-0.15, -0.1) is 0 Å². The minimum atomic E-state index is -0.270. The van der Waals surface area contributed by atoms with Gasteiger partial charge in [-0.1, -0.05) is 12.1 Å². The Morgan fingerprint density at radius 1 is 0.949 bits per heavy atom. The number of amides is 2. The van der Waals surface area contributed by atoms with E-state index in [1.165, 1.54) is 17.5 Å². The van der Waals surface area contributed by atoms with Gasteiger partial charge in [0.2, 0.25) is 11.8 Å². The number of anilines is 1. The molecule has 3 aliphatic rings. The Hall–Kier alpha value is -3.10. The van der Waals surface area contributed by atoms with Crippen LogP contribution in [0.5, 0.6) is 11.5 Å². The van der Waals surface area contributed by atoms with Gasteiger partial charge in [-0.3, -0.25) is 14.5 Å². The minimum Gasteiger partial charge on any atom is -0.493 e. The summed E-state index contributed by atoms with van der Waals surface area (Å²) in [5, 5.41) is 3.18. The molecular weight excluding hydrogens is 492 g/mol. The lowest BCUT2D eigenvalue weighted by atomic mass is 9.87. The zero-order valence-corrected chi connectivity index (χ0v) is 23.7. The van der Waals surface area contributed by atoms with Crippen molar-refractivity contribution in [2.75, 3.05) is 59.8 Å². The average molecular weight is 535 g/mol. The van der Waals surface area contributed by atoms with Crippen LogP contribution in [0.25, 0.3) is 0 Å². The molecule has 0 spiro atoms. The second-order valence-electron chi connectivity index (χ2n) is 11.5. The smallest absolute Gasteiger partial charge is 0.228 e. The van der Waals surface area contributed by atoms with Gasteiger partial charge in [0.05, 0.1) is 26.1 Å². The highest BCUT2D eigenvalue weighted by atomic mass is 16.5. The van der Waals surface area contributed by atoms with Crippen LogP contribution in [-0.2, 0) is 29.0 Å². The van der Waals surface area contributed by atoms with Gasteiger partial charge < -0.3 is 24.6 Å². The molecule has 0 unspecified atom stereocenters. The Balaban J connectivity index is 1.33. The number of hydrogen-bond donors (Lipinski definition) is 1. The summed E-state index contributed by atoms with van der Waals surface area (Å²) in [5.41, 5.74) is 4.64. The van der Waals surface area contributed by atoms with Gasteiger partial charge in [0.25, 0.3) is 0 Å². The number of ether oxygens (including phenoxy) is 2. The molecule has 0 aromatic heterocycles. The Morgan fingerprint density at radius 3 is 2.46 bits per heavy atom. The van der Waals surface area contributed by atoms with Crippen LogP contribution in [-0.4, -0.2) is 87.0 Å². The van der Waals surface area contributed by atoms with Crippen molar-refractivity contribution in [3.05, 3.63) is 53.1 Å². The molecule has 2 amide bonds. The van der Waals surface area contributed by atoms with Gasteiger partial charge in [0, 0.05) is 44.5 Å². The molecule has 2 aliphatic heterocycles. The number of piperidine rings is 1. The highest BCUT2D eigenvalue weighted by Gasteiger charge is 2.39. The van der Waals surface area contributed by atoms with Gasteiger partial charge in [0.15, 0.2) is 11.5 Å². The molecule has 2 fully saturated rings. The standard InChI is InChI=1S/C31H42N4O4/c1-33(2)27-12-13-35(20-27)31(37)25-15-24(30(36)32-26-10-9-22-6-5-7-23(22)16-26)18-34(19-25)17-21-8-11-28(38-3)29(14-21)39-4/h8-11,14,16,24-25,27H,5-7,12-13,15,17-20H2,1-4H3,(H,32,36)/t24-,25+,27-/m1/s1. The molecule has 2 heterocycles. The van der Waals surface area contributed by atoms with Crippen LogP contribution in [0, 0.1) is 11.8 Å². The van der Waals surface area contributed by atoms with Crippen molar-refractivity contribution in [1.82, 2.24) is 14.7 Å². The van der Waals surface area contributed by atoms with Crippen LogP contribution in [0.4, 0.5) is 5.69 Å². The van der Waals surface area contributed by atoms with E-state index in [-0.39, 0.29) is 23.7 Å². The Labute approximate surface area is 232 Å². The minimum absolute atomic E-state index is 0.00431. The first-order valence-corrected chi connectivity index (χ1v) is 14.2. The van der Waals surface area contributed by atoms with Crippen molar-refractivity contribution < 1.29 is 19.1 Å². The molecule has 210 valence electrons. The predicted molar refractivity (Wildman–Crippen MR) is 152 cm³/mol. The number of likely N-dealkylation sites (N-methyl/N-ethyl adjacent to an activating group) is 1. The van der Waals surface area contributed by atoms with E-state index in [0.29, 0.717) is 43.6 Å². The van der Waals surface area contributed by atoms with E-state index in [9.17, 15) is 9.59 Å². The molecule has 2 aromatic carbocycles. The molecular formula is C31H42N4O4. The SMILES string of the molecule is COc1ccc(CN2C[C@H](C(=O)Nc3ccc4c(c3)CCC4)C[C@H](C(=O)N3CC[C@@H](N(C)C)C3)C2)cc1OC. The number of fused-ring (bicyclic) bond motifs is 1.